The zero-order valence-corrected chi connectivity index (χ0v) is 17.5. The van der Waals surface area contributed by atoms with Crippen molar-refractivity contribution in [1.29, 1.82) is 0 Å². The topological polar surface area (TPSA) is 66.0 Å². The molecule has 29 heavy (non-hydrogen) atoms. The first-order valence-corrected chi connectivity index (χ1v) is 10.3. The smallest absolute Gasteiger partial charge is 0.227 e. The lowest BCUT2D eigenvalue weighted by Crippen LogP contribution is -2.25. The van der Waals surface area contributed by atoms with Gasteiger partial charge in [0.15, 0.2) is 0 Å². The molecule has 2 heterocycles. The van der Waals surface area contributed by atoms with E-state index in [9.17, 15) is 0 Å². The van der Waals surface area contributed by atoms with Gasteiger partial charge in [-0.3, -0.25) is 0 Å². The van der Waals surface area contributed by atoms with Crippen molar-refractivity contribution in [2.45, 2.75) is 27.2 Å². The van der Waals surface area contributed by atoms with Crippen molar-refractivity contribution >= 4 is 17.5 Å². The molecule has 2 N–H and O–H groups in total. The average molecular weight is 391 g/mol. The molecule has 0 saturated heterocycles. The van der Waals surface area contributed by atoms with Crippen LogP contribution in [0.4, 0.5) is 17.5 Å². The molecular formula is C23H30N6. The third-order valence-electron chi connectivity index (χ3n) is 4.96. The predicted octanol–water partition coefficient (Wildman–Crippen LogP) is 4.73. The van der Waals surface area contributed by atoms with Crippen molar-refractivity contribution in [3.63, 3.8) is 0 Å². The zero-order valence-electron chi connectivity index (χ0n) is 17.5. The summed E-state index contributed by atoms with van der Waals surface area (Å²) < 4.78 is 0. The van der Waals surface area contributed by atoms with Crippen LogP contribution in [0.25, 0.3) is 11.3 Å². The highest BCUT2D eigenvalue weighted by Gasteiger charge is 2.05. The molecule has 152 valence electrons. The van der Waals surface area contributed by atoms with Gasteiger partial charge in [-0.25, -0.2) is 15.0 Å². The van der Waals surface area contributed by atoms with Gasteiger partial charge in [-0.05, 0) is 62.8 Å². The van der Waals surface area contributed by atoms with E-state index in [2.05, 4.69) is 57.3 Å². The Hall–Kier alpha value is -2.99. The number of rotatable bonds is 10. The number of pyridine rings is 1. The zero-order chi connectivity index (χ0) is 20.5. The molecule has 6 heteroatoms. The van der Waals surface area contributed by atoms with Crippen LogP contribution in [0.3, 0.4) is 0 Å². The number of aryl methyl sites for hydroxylation is 1. The summed E-state index contributed by atoms with van der Waals surface area (Å²) in [7, 11) is 0. The summed E-state index contributed by atoms with van der Waals surface area (Å²) in [5.41, 5.74) is 3.97. The lowest BCUT2D eigenvalue weighted by Gasteiger charge is -2.17. The lowest BCUT2D eigenvalue weighted by molar-refractivity contribution is 0.303. The largest absolute Gasteiger partial charge is 0.370 e. The normalized spacial score (nSPS) is 10.9. The standard InChI is InChI=1S/C23H30N6/c1-4-29(5-2)16-8-14-24-22-12-11-19(17-26-22)21-13-15-25-23(28-21)27-20-10-7-6-9-18(20)3/h6-7,9-13,15,17H,4-5,8,14,16H2,1-3H3,(H,24,26)(H,25,27,28). The van der Waals surface area contributed by atoms with Gasteiger partial charge < -0.3 is 15.5 Å². The Morgan fingerprint density at radius 1 is 0.966 bits per heavy atom. The minimum Gasteiger partial charge on any atom is -0.370 e. The number of anilines is 3. The van der Waals surface area contributed by atoms with Gasteiger partial charge in [0.1, 0.15) is 5.82 Å². The van der Waals surface area contributed by atoms with Crippen molar-refractivity contribution < 1.29 is 0 Å². The molecule has 0 radical (unpaired) electrons. The minimum atomic E-state index is 0.579. The molecule has 0 aliphatic carbocycles. The second kappa shape index (κ2) is 10.5. The second-order valence-electron chi connectivity index (χ2n) is 6.94. The van der Waals surface area contributed by atoms with Gasteiger partial charge in [0, 0.05) is 30.2 Å². The van der Waals surface area contributed by atoms with Crippen molar-refractivity contribution in [2.75, 3.05) is 36.8 Å². The Morgan fingerprint density at radius 2 is 1.79 bits per heavy atom. The van der Waals surface area contributed by atoms with Gasteiger partial charge in [0.25, 0.3) is 0 Å². The predicted molar refractivity (Wildman–Crippen MR) is 121 cm³/mol. The van der Waals surface area contributed by atoms with Gasteiger partial charge in [0.05, 0.1) is 5.69 Å². The molecule has 2 aromatic heterocycles. The molecule has 0 aliphatic heterocycles. The van der Waals surface area contributed by atoms with Gasteiger partial charge in [-0.1, -0.05) is 32.0 Å². The van der Waals surface area contributed by atoms with Crippen LogP contribution in [0.5, 0.6) is 0 Å². The summed E-state index contributed by atoms with van der Waals surface area (Å²) in [6, 6.07) is 14.0. The maximum absolute atomic E-state index is 4.63. The molecule has 3 aromatic rings. The summed E-state index contributed by atoms with van der Waals surface area (Å²) >= 11 is 0. The van der Waals surface area contributed by atoms with Crippen LogP contribution in [0, 0.1) is 6.92 Å². The lowest BCUT2D eigenvalue weighted by atomic mass is 10.2. The molecule has 0 bridgehead atoms. The third-order valence-corrected chi connectivity index (χ3v) is 4.96. The molecule has 1 aromatic carbocycles. The highest BCUT2D eigenvalue weighted by Crippen LogP contribution is 2.21. The maximum atomic E-state index is 4.63. The van der Waals surface area contributed by atoms with Crippen LogP contribution >= 0.6 is 0 Å². The number of benzene rings is 1. The van der Waals surface area contributed by atoms with E-state index in [1.54, 1.807) is 6.20 Å². The second-order valence-corrected chi connectivity index (χ2v) is 6.94. The maximum Gasteiger partial charge on any atom is 0.227 e. The third kappa shape index (κ3) is 5.99. The van der Waals surface area contributed by atoms with E-state index in [0.29, 0.717) is 5.95 Å². The molecule has 0 unspecified atom stereocenters. The molecule has 0 spiro atoms. The number of aromatic nitrogens is 3. The van der Waals surface area contributed by atoms with E-state index in [1.807, 2.05) is 42.6 Å². The fourth-order valence-corrected chi connectivity index (χ4v) is 3.12. The molecule has 0 saturated carbocycles. The molecule has 3 rings (SSSR count). The first kappa shape index (κ1) is 20.7. The first-order valence-electron chi connectivity index (χ1n) is 10.3. The van der Waals surface area contributed by atoms with E-state index in [4.69, 9.17) is 0 Å². The number of hydrogen-bond donors (Lipinski definition) is 2. The molecule has 0 atom stereocenters. The Balaban J connectivity index is 1.59. The van der Waals surface area contributed by atoms with Crippen molar-refractivity contribution in [2.24, 2.45) is 0 Å². The van der Waals surface area contributed by atoms with E-state index >= 15 is 0 Å². The van der Waals surface area contributed by atoms with E-state index in [1.165, 1.54) is 0 Å². The van der Waals surface area contributed by atoms with Crippen LogP contribution in [0.1, 0.15) is 25.8 Å². The number of para-hydroxylation sites is 1. The van der Waals surface area contributed by atoms with Gasteiger partial charge in [-0.2, -0.15) is 0 Å². The van der Waals surface area contributed by atoms with E-state index < -0.39 is 0 Å². The highest BCUT2D eigenvalue weighted by molar-refractivity contribution is 5.63. The Bertz CT molecular complexity index is 890. The first-order chi connectivity index (χ1) is 14.2. The minimum absolute atomic E-state index is 0.579. The monoisotopic (exact) mass is 390 g/mol. The van der Waals surface area contributed by atoms with Crippen molar-refractivity contribution in [3.05, 3.63) is 60.4 Å². The Labute approximate surface area is 173 Å². The summed E-state index contributed by atoms with van der Waals surface area (Å²) in [4.78, 5) is 15.9. The average Bonchev–Trinajstić information content (AvgIpc) is 2.76. The number of nitrogens with zero attached hydrogens (tertiary/aromatic N) is 4. The Kier molecular flexibility index (Phi) is 7.53. The van der Waals surface area contributed by atoms with Crippen LogP contribution in [-0.2, 0) is 0 Å². The van der Waals surface area contributed by atoms with Gasteiger partial charge in [-0.15, -0.1) is 0 Å². The summed E-state index contributed by atoms with van der Waals surface area (Å²) in [6.45, 7) is 10.7. The SMILES string of the molecule is CCN(CC)CCCNc1ccc(-c2ccnc(Nc3ccccc3C)n2)cn1. The quantitative estimate of drug-likeness (QED) is 0.488. The van der Waals surface area contributed by atoms with E-state index in [0.717, 1.165) is 60.9 Å². The van der Waals surface area contributed by atoms with Crippen LogP contribution < -0.4 is 10.6 Å². The summed E-state index contributed by atoms with van der Waals surface area (Å²) in [5.74, 6) is 1.47. The Morgan fingerprint density at radius 3 is 2.52 bits per heavy atom. The number of hydrogen-bond acceptors (Lipinski definition) is 6. The molecule has 0 fully saturated rings. The highest BCUT2D eigenvalue weighted by atomic mass is 15.1. The summed E-state index contributed by atoms with van der Waals surface area (Å²) in [5, 5.41) is 6.68. The van der Waals surface area contributed by atoms with Crippen molar-refractivity contribution in [3.8, 4) is 11.3 Å². The fourth-order valence-electron chi connectivity index (χ4n) is 3.12. The van der Waals surface area contributed by atoms with E-state index in [-0.39, 0.29) is 0 Å². The van der Waals surface area contributed by atoms with Crippen LogP contribution in [0.2, 0.25) is 0 Å². The molecule has 0 amide bonds. The van der Waals surface area contributed by atoms with Gasteiger partial charge in [0.2, 0.25) is 5.95 Å². The number of nitrogens with one attached hydrogen (secondary N) is 2. The summed E-state index contributed by atoms with van der Waals surface area (Å²) in [6.07, 6.45) is 4.72. The molecular weight excluding hydrogens is 360 g/mol. The van der Waals surface area contributed by atoms with Crippen molar-refractivity contribution in [1.82, 2.24) is 19.9 Å². The van der Waals surface area contributed by atoms with Crippen LogP contribution in [0.15, 0.2) is 54.9 Å². The fraction of sp³-hybridized carbons (Fsp3) is 0.348. The molecule has 6 nitrogen and oxygen atoms in total. The van der Waals surface area contributed by atoms with Crippen LogP contribution in [-0.4, -0.2) is 46.0 Å². The van der Waals surface area contributed by atoms with Gasteiger partial charge >= 0.3 is 0 Å². The molecule has 0 aliphatic rings.